The van der Waals surface area contributed by atoms with Crippen LogP contribution >= 0.6 is 0 Å². The van der Waals surface area contributed by atoms with E-state index in [0.29, 0.717) is 0 Å². The van der Waals surface area contributed by atoms with Crippen molar-refractivity contribution in [2.24, 2.45) is 0 Å². The van der Waals surface area contributed by atoms with Gasteiger partial charge in [-0.05, 0) is 31.2 Å². The average molecular weight is 339 g/mol. The third kappa shape index (κ3) is 3.58. The minimum Gasteiger partial charge on any atom is -0.466 e. The molecule has 0 spiro atoms. The smallest absolute Gasteiger partial charge is 0.441 e. The lowest BCUT2D eigenvalue weighted by atomic mass is 10.1. The van der Waals surface area contributed by atoms with E-state index in [2.05, 4.69) is 20.4 Å². The summed E-state index contributed by atoms with van der Waals surface area (Å²) in [6.45, 7) is 1.80. The molecule has 0 saturated carbocycles. The molecule has 5 nitrogen and oxygen atoms in total. The van der Waals surface area contributed by atoms with Gasteiger partial charge < -0.3 is 15.4 Å². The molecule has 2 rings (SSSR count). The van der Waals surface area contributed by atoms with Crippen LogP contribution in [0.15, 0.2) is 48.7 Å². The first-order valence-corrected chi connectivity index (χ1v) is 6.98. The quantitative estimate of drug-likeness (QED) is 0.646. The fourth-order valence-electron chi connectivity index (χ4n) is 2.03. The number of nitrogens with one attached hydrogen (secondary N) is 2. The highest BCUT2D eigenvalue weighted by Crippen LogP contribution is 2.35. The highest BCUT2D eigenvalue weighted by molar-refractivity contribution is 5.88. The Balaban J connectivity index is 2.49. The van der Waals surface area contributed by atoms with E-state index in [0.717, 1.165) is 12.7 Å². The van der Waals surface area contributed by atoms with Gasteiger partial charge in [0.05, 0.1) is 7.11 Å². The van der Waals surface area contributed by atoms with Crippen LogP contribution in [0.1, 0.15) is 5.56 Å². The van der Waals surface area contributed by atoms with Gasteiger partial charge in [0.1, 0.15) is 5.82 Å². The van der Waals surface area contributed by atoms with Crippen molar-refractivity contribution < 1.29 is 22.7 Å². The first-order valence-electron chi connectivity index (χ1n) is 6.98. The van der Waals surface area contributed by atoms with Gasteiger partial charge in [-0.2, -0.15) is 13.2 Å². The van der Waals surface area contributed by atoms with Crippen LogP contribution in [0, 0.1) is 6.92 Å². The molecule has 0 saturated heterocycles. The molecule has 1 unspecified atom stereocenters. The first-order chi connectivity index (χ1) is 11.3. The number of alkyl halides is 3. The number of anilines is 2. The summed E-state index contributed by atoms with van der Waals surface area (Å²) in [5.74, 6) is -1.65. The highest BCUT2D eigenvalue weighted by atomic mass is 19.4. The molecule has 0 bridgehead atoms. The molecule has 0 amide bonds. The van der Waals surface area contributed by atoms with Crippen LogP contribution in [0.5, 0.6) is 0 Å². The summed E-state index contributed by atoms with van der Waals surface area (Å²) < 4.78 is 45.8. The maximum absolute atomic E-state index is 13.8. The maximum Gasteiger partial charge on any atom is 0.441 e. The number of carbonyl (C=O) groups is 1. The van der Waals surface area contributed by atoms with Gasteiger partial charge in [0.15, 0.2) is 0 Å². The van der Waals surface area contributed by atoms with Crippen LogP contribution in [0.2, 0.25) is 0 Å². The molecule has 0 radical (unpaired) electrons. The Morgan fingerprint density at radius 2 is 1.75 bits per heavy atom. The Morgan fingerprint density at radius 3 is 2.25 bits per heavy atom. The van der Waals surface area contributed by atoms with Gasteiger partial charge in [0.2, 0.25) is 0 Å². The summed E-state index contributed by atoms with van der Waals surface area (Å²) in [6, 6.07) is 10.5. The van der Waals surface area contributed by atoms with Crippen LogP contribution in [0.3, 0.4) is 0 Å². The number of aromatic nitrogens is 1. The second-order valence-corrected chi connectivity index (χ2v) is 5.07. The van der Waals surface area contributed by atoms with E-state index >= 15 is 0 Å². The van der Waals surface area contributed by atoms with E-state index < -0.39 is 17.8 Å². The predicted molar refractivity (Wildman–Crippen MR) is 83.5 cm³/mol. The number of nitrogens with zero attached hydrogens (tertiary/aromatic N) is 1. The van der Waals surface area contributed by atoms with Gasteiger partial charge in [-0.1, -0.05) is 23.8 Å². The third-order valence-corrected chi connectivity index (χ3v) is 3.28. The number of aryl methyl sites for hydroxylation is 1. The van der Waals surface area contributed by atoms with Crippen molar-refractivity contribution in [1.29, 1.82) is 0 Å². The Kier molecular flexibility index (Phi) is 4.96. The number of esters is 1. The summed E-state index contributed by atoms with van der Waals surface area (Å²) in [5, 5.41) is 4.33. The molecule has 1 aromatic carbocycles. The standard InChI is InChI=1S/C16H16F3N3O2/c1-11-6-8-12(9-7-11)21-15(14(23)24-2,16(17,18)19)22-13-5-3-4-10-20-13/h3-10,21H,1-2H3,(H,20,22). The number of methoxy groups -OCH3 is 1. The van der Waals surface area contributed by atoms with Crippen molar-refractivity contribution in [3.8, 4) is 0 Å². The van der Waals surface area contributed by atoms with Crippen molar-refractivity contribution in [3.05, 3.63) is 54.2 Å². The van der Waals surface area contributed by atoms with E-state index in [4.69, 9.17) is 0 Å². The van der Waals surface area contributed by atoms with E-state index in [-0.39, 0.29) is 11.5 Å². The van der Waals surface area contributed by atoms with Crippen LogP contribution in [-0.2, 0) is 9.53 Å². The summed E-state index contributed by atoms with van der Waals surface area (Å²) >= 11 is 0. The summed E-state index contributed by atoms with van der Waals surface area (Å²) in [4.78, 5) is 15.9. The van der Waals surface area contributed by atoms with Crippen molar-refractivity contribution in [1.82, 2.24) is 4.98 Å². The van der Waals surface area contributed by atoms with Crippen molar-refractivity contribution in [2.45, 2.75) is 18.8 Å². The molecule has 1 heterocycles. The number of hydrogen-bond donors (Lipinski definition) is 2. The Morgan fingerprint density at radius 1 is 1.08 bits per heavy atom. The minimum atomic E-state index is -5.00. The predicted octanol–water partition coefficient (Wildman–Crippen LogP) is 3.35. The molecule has 1 atom stereocenters. The van der Waals surface area contributed by atoms with Gasteiger partial charge in [-0.15, -0.1) is 0 Å². The zero-order valence-electron chi connectivity index (χ0n) is 13.0. The van der Waals surface area contributed by atoms with Crippen molar-refractivity contribution in [2.75, 3.05) is 17.7 Å². The molecule has 0 aliphatic heterocycles. The lowest BCUT2D eigenvalue weighted by Gasteiger charge is -2.35. The Labute approximate surface area is 136 Å². The second-order valence-electron chi connectivity index (χ2n) is 5.07. The van der Waals surface area contributed by atoms with Gasteiger partial charge in [-0.3, -0.25) is 0 Å². The lowest BCUT2D eigenvalue weighted by Crippen LogP contribution is -2.64. The summed E-state index contributed by atoms with van der Waals surface area (Å²) in [5.41, 5.74) is -2.20. The molecule has 24 heavy (non-hydrogen) atoms. The molecule has 128 valence electrons. The zero-order chi connectivity index (χ0) is 17.8. The molecule has 2 aromatic rings. The summed E-state index contributed by atoms with van der Waals surface area (Å²) in [7, 11) is 0.889. The van der Waals surface area contributed by atoms with E-state index in [1.54, 1.807) is 25.1 Å². The second kappa shape index (κ2) is 6.77. The van der Waals surface area contributed by atoms with Crippen LogP contribution < -0.4 is 10.6 Å². The van der Waals surface area contributed by atoms with Crippen LogP contribution in [0.25, 0.3) is 0 Å². The Bertz CT molecular complexity index is 690. The van der Waals surface area contributed by atoms with Gasteiger partial charge in [-0.25, -0.2) is 9.78 Å². The molecule has 0 aliphatic carbocycles. The molecule has 2 N–H and O–H groups in total. The number of carbonyl (C=O) groups excluding carboxylic acids is 1. The number of benzene rings is 1. The van der Waals surface area contributed by atoms with Gasteiger partial charge in [0.25, 0.3) is 0 Å². The fraction of sp³-hybridized carbons (Fsp3) is 0.250. The number of rotatable bonds is 5. The van der Waals surface area contributed by atoms with E-state index in [1.807, 2.05) is 0 Å². The molecule has 8 heteroatoms. The number of halogens is 3. The number of hydrogen-bond acceptors (Lipinski definition) is 5. The van der Waals surface area contributed by atoms with Crippen LogP contribution in [0.4, 0.5) is 24.7 Å². The normalized spacial score (nSPS) is 13.7. The Hall–Kier alpha value is -2.77. The SMILES string of the molecule is COC(=O)C(Nc1ccc(C)cc1)(Nc1ccccn1)C(F)(F)F. The van der Waals surface area contributed by atoms with E-state index in [9.17, 15) is 18.0 Å². The fourth-order valence-corrected chi connectivity index (χ4v) is 2.03. The van der Waals surface area contributed by atoms with Crippen molar-refractivity contribution >= 4 is 17.5 Å². The van der Waals surface area contributed by atoms with Crippen molar-refractivity contribution in [3.63, 3.8) is 0 Å². The average Bonchev–Trinajstić information content (AvgIpc) is 2.55. The minimum absolute atomic E-state index is 0.103. The topological polar surface area (TPSA) is 63.2 Å². The molecule has 1 aromatic heterocycles. The monoisotopic (exact) mass is 339 g/mol. The highest BCUT2D eigenvalue weighted by Gasteiger charge is 2.63. The number of pyridine rings is 1. The summed E-state index contributed by atoms with van der Waals surface area (Å²) in [6.07, 6.45) is -3.69. The molecular weight excluding hydrogens is 323 g/mol. The number of ether oxygens (including phenoxy) is 1. The zero-order valence-corrected chi connectivity index (χ0v) is 13.0. The van der Waals surface area contributed by atoms with Crippen LogP contribution in [-0.4, -0.2) is 29.9 Å². The molecule has 0 aliphatic rings. The van der Waals surface area contributed by atoms with Gasteiger partial charge in [0, 0.05) is 11.9 Å². The van der Waals surface area contributed by atoms with E-state index in [1.165, 1.54) is 30.5 Å². The lowest BCUT2D eigenvalue weighted by molar-refractivity contribution is -0.193. The molecule has 0 fully saturated rings. The largest absolute Gasteiger partial charge is 0.466 e. The molecular formula is C16H16F3N3O2. The maximum atomic E-state index is 13.8. The first kappa shape index (κ1) is 17.6. The third-order valence-electron chi connectivity index (χ3n) is 3.28. The van der Waals surface area contributed by atoms with Gasteiger partial charge >= 0.3 is 17.8 Å².